The molecule has 0 rings (SSSR count). The Bertz CT molecular complexity index is 371. The molecule has 4 N–H and O–H groups in total. The Balaban J connectivity index is -0.000000177. The van der Waals surface area contributed by atoms with Crippen molar-refractivity contribution >= 4 is 61.3 Å². The highest BCUT2D eigenvalue weighted by atomic mass is 35.6. The number of carboxylic acid groups (broad SMARTS) is 1. The Hall–Kier alpha value is 0.120. The van der Waals surface area contributed by atoms with Crippen molar-refractivity contribution in [2.75, 3.05) is 6.26 Å². The highest BCUT2D eigenvalue weighted by Crippen LogP contribution is 2.25. The molecule has 0 aliphatic heterocycles. The van der Waals surface area contributed by atoms with Crippen molar-refractivity contribution in [2.45, 2.75) is 3.79 Å². The second-order valence-corrected chi connectivity index (χ2v) is 6.63. The number of aliphatic carboxylic acids is 1. The Morgan fingerprint density at radius 2 is 1.06 bits per heavy atom. The monoisotopic (exact) mass is 356 g/mol. The molecule has 17 heavy (non-hydrogen) atoms. The molecule has 0 saturated carbocycles. The molecule has 0 saturated heterocycles. The van der Waals surface area contributed by atoms with Gasteiger partial charge in [-0.05, 0) is 0 Å². The van der Waals surface area contributed by atoms with E-state index in [4.69, 9.17) is 62.0 Å². The molecule has 0 aromatic rings. The van der Waals surface area contributed by atoms with Gasteiger partial charge in [-0.3, -0.25) is 13.7 Å². The quantitative estimate of drug-likeness (QED) is 0.352. The minimum atomic E-state index is -4.67. The fourth-order valence-electron chi connectivity index (χ4n) is 0. The third-order valence-electron chi connectivity index (χ3n) is 0.243. The third kappa shape index (κ3) is 85.8. The van der Waals surface area contributed by atoms with Gasteiger partial charge in [-0.25, -0.2) is 4.79 Å². The van der Waals surface area contributed by atoms with Crippen molar-refractivity contribution in [1.82, 2.24) is 0 Å². The van der Waals surface area contributed by atoms with Crippen LogP contribution in [0.1, 0.15) is 0 Å². The van der Waals surface area contributed by atoms with Gasteiger partial charge in [0.15, 0.2) is 0 Å². The number of halogens is 3. The highest BCUT2D eigenvalue weighted by Gasteiger charge is 2.29. The van der Waals surface area contributed by atoms with Crippen molar-refractivity contribution in [3.8, 4) is 0 Å². The second-order valence-electron chi connectivity index (χ2n) is 1.98. The molecule has 9 nitrogen and oxygen atoms in total. The van der Waals surface area contributed by atoms with Gasteiger partial charge >= 0.3 is 16.4 Å². The number of hydrogen-bond acceptors (Lipinski definition) is 5. The lowest BCUT2D eigenvalue weighted by Crippen LogP contribution is -2.16. The second kappa shape index (κ2) is 8.26. The van der Waals surface area contributed by atoms with Crippen LogP contribution in [0.3, 0.4) is 0 Å². The SMILES string of the molecule is CS(=O)(=O)O.O=C(O)C(Cl)(Cl)Cl.O=S(=O)(O)O. The van der Waals surface area contributed by atoms with E-state index in [1.807, 2.05) is 0 Å². The predicted octanol–water partition coefficient (Wildman–Crippen LogP) is 0.292. The van der Waals surface area contributed by atoms with Crippen molar-refractivity contribution in [3.63, 3.8) is 0 Å². The van der Waals surface area contributed by atoms with E-state index in [1.54, 1.807) is 0 Å². The number of carboxylic acids is 1. The van der Waals surface area contributed by atoms with Gasteiger partial charge in [-0.2, -0.15) is 16.8 Å². The standard InChI is InChI=1S/C2HCl3O2.CH4O3S.H2O4S/c3-2(4,5)1(6)7;2*1-5(2,3)4/h(H,6,7);1H3,(H,2,3,4);(H2,1,2,3,4). The summed E-state index contributed by atoms with van der Waals surface area (Å²) in [6, 6.07) is 0. The van der Waals surface area contributed by atoms with E-state index >= 15 is 0 Å². The average molecular weight is 358 g/mol. The van der Waals surface area contributed by atoms with E-state index in [0.29, 0.717) is 6.26 Å². The number of rotatable bonds is 0. The summed E-state index contributed by atoms with van der Waals surface area (Å²) in [7, 11) is -8.33. The van der Waals surface area contributed by atoms with Gasteiger partial charge in [-0.1, -0.05) is 34.8 Å². The molecule has 0 radical (unpaired) electrons. The highest BCUT2D eigenvalue weighted by molar-refractivity contribution is 7.85. The molecular weight excluding hydrogens is 351 g/mol. The van der Waals surface area contributed by atoms with Crippen molar-refractivity contribution < 1.29 is 40.4 Å². The first-order chi connectivity index (χ1) is 6.94. The first-order valence-electron chi connectivity index (χ1n) is 2.87. The summed E-state index contributed by atoms with van der Waals surface area (Å²) in [5.41, 5.74) is 0. The number of alkyl halides is 3. The molecule has 0 unspecified atom stereocenters. The van der Waals surface area contributed by atoms with Crippen LogP contribution in [0.25, 0.3) is 0 Å². The zero-order valence-corrected chi connectivity index (χ0v) is 11.7. The van der Waals surface area contributed by atoms with Gasteiger partial charge in [-0.15, -0.1) is 0 Å². The van der Waals surface area contributed by atoms with Gasteiger partial charge in [0, 0.05) is 0 Å². The molecule has 0 aliphatic rings. The van der Waals surface area contributed by atoms with Crippen LogP contribution in [0, 0.1) is 0 Å². The zero-order valence-electron chi connectivity index (χ0n) is 7.78. The van der Waals surface area contributed by atoms with Crippen LogP contribution in [0.15, 0.2) is 0 Å². The molecule has 0 bridgehead atoms. The largest absolute Gasteiger partial charge is 0.478 e. The smallest absolute Gasteiger partial charge is 0.394 e. The van der Waals surface area contributed by atoms with E-state index < -0.39 is 30.3 Å². The Kier molecular flexibility index (Phi) is 10.8. The molecule has 0 aromatic heterocycles. The van der Waals surface area contributed by atoms with E-state index in [-0.39, 0.29) is 0 Å². The predicted molar refractivity (Wildman–Crippen MR) is 59.6 cm³/mol. The van der Waals surface area contributed by atoms with Gasteiger partial charge in [0.1, 0.15) is 0 Å². The minimum absolute atomic E-state index is 0.715. The molecule has 0 heterocycles. The summed E-state index contributed by atoms with van der Waals surface area (Å²) in [6.07, 6.45) is 0.715. The molecule has 0 aromatic carbocycles. The maximum atomic E-state index is 9.62. The van der Waals surface area contributed by atoms with Crippen LogP contribution < -0.4 is 0 Å². The minimum Gasteiger partial charge on any atom is -0.478 e. The summed E-state index contributed by atoms with van der Waals surface area (Å²) < 4.78 is 55.3. The maximum Gasteiger partial charge on any atom is 0.394 e. The Morgan fingerprint density at radius 1 is 1.00 bits per heavy atom. The molecule has 0 fully saturated rings. The zero-order chi connectivity index (χ0) is 15.1. The van der Waals surface area contributed by atoms with Gasteiger partial charge in [0.25, 0.3) is 13.9 Å². The fourth-order valence-corrected chi connectivity index (χ4v) is 0. The Morgan fingerprint density at radius 3 is 1.06 bits per heavy atom. The van der Waals surface area contributed by atoms with Crippen LogP contribution in [0.5, 0.6) is 0 Å². The van der Waals surface area contributed by atoms with E-state index in [0.717, 1.165) is 0 Å². The maximum absolute atomic E-state index is 9.62. The Labute approximate surface area is 112 Å². The van der Waals surface area contributed by atoms with Gasteiger partial charge < -0.3 is 5.11 Å². The van der Waals surface area contributed by atoms with E-state index in [9.17, 15) is 13.2 Å². The molecule has 14 heteroatoms. The van der Waals surface area contributed by atoms with Crippen molar-refractivity contribution in [1.29, 1.82) is 0 Å². The first kappa shape index (κ1) is 22.3. The van der Waals surface area contributed by atoms with Crippen LogP contribution in [-0.2, 0) is 25.3 Å². The summed E-state index contributed by atoms with van der Waals surface area (Å²) in [5.74, 6) is -1.46. The summed E-state index contributed by atoms with van der Waals surface area (Å²) in [5, 5.41) is 7.85. The van der Waals surface area contributed by atoms with E-state index in [2.05, 4.69) is 0 Å². The molecule has 0 amide bonds. The first-order valence-corrected chi connectivity index (χ1v) is 7.25. The lowest BCUT2D eigenvalue weighted by molar-refractivity contribution is -0.135. The normalized spacial score (nSPS) is 11.5. The number of hydrogen-bond donors (Lipinski definition) is 4. The fraction of sp³-hybridized carbons (Fsp3) is 0.667. The van der Waals surface area contributed by atoms with Crippen LogP contribution in [0.2, 0.25) is 0 Å². The van der Waals surface area contributed by atoms with Crippen molar-refractivity contribution in [3.05, 3.63) is 0 Å². The van der Waals surface area contributed by atoms with Gasteiger partial charge in [0.2, 0.25) is 0 Å². The van der Waals surface area contributed by atoms with Gasteiger partial charge in [0.05, 0.1) is 6.26 Å². The summed E-state index contributed by atoms with van der Waals surface area (Å²) >= 11 is 14.4. The number of carbonyl (C=O) groups is 1. The lowest BCUT2D eigenvalue weighted by Gasteiger charge is -1.99. The molecule has 0 atom stereocenters. The van der Waals surface area contributed by atoms with Crippen LogP contribution in [0.4, 0.5) is 0 Å². The molecule has 0 aliphatic carbocycles. The molecule has 0 spiro atoms. The lowest BCUT2D eigenvalue weighted by atomic mass is 10.8. The van der Waals surface area contributed by atoms with Crippen LogP contribution in [-0.4, -0.2) is 51.6 Å². The molecule has 106 valence electrons. The van der Waals surface area contributed by atoms with Crippen molar-refractivity contribution in [2.24, 2.45) is 0 Å². The average Bonchev–Trinajstić information content (AvgIpc) is 1.74. The third-order valence-corrected chi connectivity index (χ3v) is 0.728. The summed E-state index contributed by atoms with van der Waals surface area (Å²) in [6.45, 7) is 0. The topological polar surface area (TPSA) is 166 Å². The van der Waals surface area contributed by atoms with Crippen LogP contribution >= 0.6 is 34.8 Å². The summed E-state index contributed by atoms with van der Waals surface area (Å²) in [4.78, 5) is 9.62. The van der Waals surface area contributed by atoms with E-state index in [1.165, 1.54) is 0 Å². The molecular formula is C3H7Cl3O9S2.